The number of nitrogens with zero attached hydrogens (tertiary/aromatic N) is 4. The highest BCUT2D eigenvalue weighted by molar-refractivity contribution is 6.05. The molecular formula is C21H23N5O2. The standard InChI is InChI=1S/C21H23N5O2/c1-25-15-10-14(11-16(25)13-28-12-15)23-21(27)20-17-6-2-3-7-18(17)26(24-20)19-8-4-5-9-22-19/h2-9,14-16H,10-13H2,1H3,(H,23,27)/t14-,15-,16+. The van der Waals surface area contributed by atoms with E-state index in [1.165, 1.54) is 0 Å². The van der Waals surface area contributed by atoms with Gasteiger partial charge < -0.3 is 10.1 Å². The summed E-state index contributed by atoms with van der Waals surface area (Å²) in [5.74, 6) is 0.572. The Kier molecular flexibility index (Phi) is 4.33. The number of para-hydroxylation sites is 1. The average molecular weight is 377 g/mol. The Morgan fingerprint density at radius 3 is 2.61 bits per heavy atom. The van der Waals surface area contributed by atoms with Gasteiger partial charge in [0.15, 0.2) is 11.5 Å². The number of likely N-dealkylation sites (N-methyl/N-ethyl adjacent to an activating group) is 1. The van der Waals surface area contributed by atoms with Gasteiger partial charge in [0.05, 0.1) is 18.7 Å². The Hall–Kier alpha value is -2.77. The van der Waals surface area contributed by atoms with E-state index in [1.807, 2.05) is 42.5 Å². The van der Waals surface area contributed by atoms with Crippen LogP contribution in [0.15, 0.2) is 48.7 Å². The smallest absolute Gasteiger partial charge is 0.272 e. The summed E-state index contributed by atoms with van der Waals surface area (Å²) in [5.41, 5.74) is 1.32. The first-order valence-electron chi connectivity index (χ1n) is 9.70. The molecule has 28 heavy (non-hydrogen) atoms. The predicted molar refractivity (Wildman–Crippen MR) is 106 cm³/mol. The molecule has 2 aromatic heterocycles. The summed E-state index contributed by atoms with van der Waals surface area (Å²) in [6.07, 6.45) is 3.53. The van der Waals surface area contributed by atoms with Gasteiger partial charge in [0, 0.05) is 29.7 Å². The largest absolute Gasteiger partial charge is 0.378 e. The third kappa shape index (κ3) is 2.96. The van der Waals surface area contributed by atoms with Gasteiger partial charge in [-0.3, -0.25) is 9.69 Å². The number of aromatic nitrogens is 3. The molecule has 2 aliphatic heterocycles. The predicted octanol–water partition coefficient (Wildman–Crippen LogP) is 2.01. The topological polar surface area (TPSA) is 72.3 Å². The Morgan fingerprint density at radius 1 is 1.11 bits per heavy atom. The number of hydrogen-bond acceptors (Lipinski definition) is 5. The molecule has 2 fully saturated rings. The molecule has 3 aromatic rings. The first-order chi connectivity index (χ1) is 13.7. The Bertz CT molecular complexity index is 988. The quantitative estimate of drug-likeness (QED) is 0.756. The Morgan fingerprint density at radius 2 is 1.86 bits per heavy atom. The molecule has 144 valence electrons. The third-order valence-electron chi connectivity index (χ3n) is 5.89. The molecule has 5 rings (SSSR count). The van der Waals surface area contributed by atoms with Crippen LogP contribution in [0, 0.1) is 0 Å². The number of carbonyl (C=O) groups is 1. The molecule has 2 saturated heterocycles. The summed E-state index contributed by atoms with van der Waals surface area (Å²) in [7, 11) is 2.15. The van der Waals surface area contributed by atoms with Gasteiger partial charge in [-0.2, -0.15) is 5.10 Å². The molecule has 1 aromatic carbocycles. The summed E-state index contributed by atoms with van der Waals surface area (Å²) in [5, 5.41) is 8.68. The minimum atomic E-state index is -0.126. The van der Waals surface area contributed by atoms with Gasteiger partial charge in [-0.05, 0) is 38.1 Å². The fourth-order valence-electron chi connectivity index (χ4n) is 4.35. The summed E-state index contributed by atoms with van der Waals surface area (Å²) in [4.78, 5) is 19.9. The lowest BCUT2D eigenvalue weighted by Gasteiger charge is -2.46. The molecule has 2 bridgehead atoms. The number of ether oxygens (including phenoxy) is 1. The molecule has 0 unspecified atom stereocenters. The van der Waals surface area contributed by atoms with E-state index in [0.717, 1.165) is 37.0 Å². The number of amides is 1. The zero-order valence-electron chi connectivity index (χ0n) is 15.8. The molecule has 0 saturated carbocycles. The summed E-state index contributed by atoms with van der Waals surface area (Å²) < 4.78 is 7.42. The van der Waals surface area contributed by atoms with E-state index in [1.54, 1.807) is 10.9 Å². The van der Waals surface area contributed by atoms with Crippen molar-refractivity contribution in [2.45, 2.75) is 31.0 Å². The Balaban J connectivity index is 1.44. The number of rotatable bonds is 3. The van der Waals surface area contributed by atoms with E-state index in [0.29, 0.717) is 23.6 Å². The van der Waals surface area contributed by atoms with Crippen LogP contribution in [0.1, 0.15) is 23.3 Å². The monoisotopic (exact) mass is 377 g/mol. The van der Waals surface area contributed by atoms with Crippen LogP contribution in [0.4, 0.5) is 0 Å². The normalized spacial score (nSPS) is 25.0. The fraction of sp³-hybridized carbons (Fsp3) is 0.381. The number of piperidine rings is 1. The molecular weight excluding hydrogens is 354 g/mol. The number of fused-ring (bicyclic) bond motifs is 3. The zero-order valence-corrected chi connectivity index (χ0v) is 15.8. The SMILES string of the molecule is CN1[C@@H]2COC[C@H]1C[C@@H](NC(=O)c1nn(-c3ccccn3)c3ccccc13)C2. The van der Waals surface area contributed by atoms with Crippen molar-refractivity contribution in [2.24, 2.45) is 0 Å². The molecule has 7 heteroatoms. The average Bonchev–Trinajstić information content (AvgIpc) is 3.09. The van der Waals surface area contributed by atoms with E-state index in [4.69, 9.17) is 4.74 Å². The second-order valence-corrected chi connectivity index (χ2v) is 7.62. The van der Waals surface area contributed by atoms with Gasteiger partial charge in [-0.25, -0.2) is 9.67 Å². The van der Waals surface area contributed by atoms with E-state index < -0.39 is 0 Å². The number of morpholine rings is 1. The molecule has 0 spiro atoms. The van der Waals surface area contributed by atoms with Crippen molar-refractivity contribution in [1.29, 1.82) is 0 Å². The first-order valence-corrected chi connectivity index (χ1v) is 9.70. The van der Waals surface area contributed by atoms with Crippen molar-refractivity contribution in [3.63, 3.8) is 0 Å². The second kappa shape index (κ2) is 7.00. The van der Waals surface area contributed by atoms with Crippen molar-refractivity contribution in [3.05, 3.63) is 54.4 Å². The molecule has 1 N–H and O–H groups in total. The van der Waals surface area contributed by atoms with Crippen molar-refractivity contribution >= 4 is 16.8 Å². The van der Waals surface area contributed by atoms with Gasteiger partial charge in [0.2, 0.25) is 0 Å². The molecule has 0 aliphatic carbocycles. The van der Waals surface area contributed by atoms with Gasteiger partial charge >= 0.3 is 0 Å². The number of carbonyl (C=O) groups excluding carboxylic acids is 1. The Labute approximate surface area is 163 Å². The van der Waals surface area contributed by atoms with Crippen LogP contribution in [-0.2, 0) is 4.74 Å². The maximum atomic E-state index is 13.1. The lowest BCUT2D eigenvalue weighted by molar-refractivity contribution is -0.0670. The van der Waals surface area contributed by atoms with Crippen LogP contribution in [0.25, 0.3) is 16.7 Å². The minimum absolute atomic E-state index is 0.126. The summed E-state index contributed by atoms with van der Waals surface area (Å²) in [6, 6.07) is 14.3. The lowest BCUT2D eigenvalue weighted by Crippen LogP contribution is -2.59. The zero-order chi connectivity index (χ0) is 19.1. The number of pyridine rings is 1. The van der Waals surface area contributed by atoms with Crippen LogP contribution >= 0.6 is 0 Å². The number of hydrogen-bond donors (Lipinski definition) is 1. The van der Waals surface area contributed by atoms with E-state index in [-0.39, 0.29) is 11.9 Å². The molecule has 1 amide bonds. The van der Waals surface area contributed by atoms with Gasteiger partial charge in [-0.1, -0.05) is 24.3 Å². The first kappa shape index (κ1) is 17.3. The van der Waals surface area contributed by atoms with Crippen LogP contribution in [0.5, 0.6) is 0 Å². The molecule has 3 atom stereocenters. The summed E-state index contributed by atoms with van der Waals surface area (Å²) >= 11 is 0. The van der Waals surface area contributed by atoms with Crippen molar-refractivity contribution in [1.82, 2.24) is 25.0 Å². The van der Waals surface area contributed by atoms with E-state index in [9.17, 15) is 4.79 Å². The van der Waals surface area contributed by atoms with E-state index >= 15 is 0 Å². The van der Waals surface area contributed by atoms with Gasteiger partial charge in [0.25, 0.3) is 5.91 Å². The van der Waals surface area contributed by atoms with Crippen LogP contribution in [0.2, 0.25) is 0 Å². The van der Waals surface area contributed by atoms with Crippen molar-refractivity contribution in [3.8, 4) is 5.82 Å². The molecule has 0 radical (unpaired) electrons. The lowest BCUT2D eigenvalue weighted by atomic mass is 9.90. The van der Waals surface area contributed by atoms with E-state index in [2.05, 4.69) is 27.3 Å². The molecule has 4 heterocycles. The minimum Gasteiger partial charge on any atom is -0.378 e. The highest BCUT2D eigenvalue weighted by Crippen LogP contribution is 2.27. The molecule has 2 aliphatic rings. The maximum Gasteiger partial charge on any atom is 0.272 e. The fourth-order valence-corrected chi connectivity index (χ4v) is 4.35. The number of nitrogens with one attached hydrogen (secondary N) is 1. The highest BCUT2D eigenvalue weighted by Gasteiger charge is 2.37. The van der Waals surface area contributed by atoms with Crippen molar-refractivity contribution in [2.75, 3.05) is 20.3 Å². The number of benzene rings is 1. The van der Waals surface area contributed by atoms with Crippen LogP contribution < -0.4 is 5.32 Å². The molecule has 7 nitrogen and oxygen atoms in total. The maximum absolute atomic E-state index is 13.1. The second-order valence-electron chi connectivity index (χ2n) is 7.62. The van der Waals surface area contributed by atoms with Crippen LogP contribution in [0.3, 0.4) is 0 Å². The van der Waals surface area contributed by atoms with Gasteiger partial charge in [-0.15, -0.1) is 0 Å². The highest BCUT2D eigenvalue weighted by atomic mass is 16.5. The van der Waals surface area contributed by atoms with Crippen LogP contribution in [-0.4, -0.2) is 64.0 Å². The summed E-state index contributed by atoms with van der Waals surface area (Å²) in [6.45, 7) is 1.47. The van der Waals surface area contributed by atoms with Crippen molar-refractivity contribution < 1.29 is 9.53 Å². The van der Waals surface area contributed by atoms with Gasteiger partial charge in [0.1, 0.15) is 0 Å². The third-order valence-corrected chi connectivity index (χ3v) is 5.89.